The fourth-order valence-electron chi connectivity index (χ4n) is 3.03. The molecule has 0 bridgehead atoms. The van der Waals surface area contributed by atoms with E-state index in [2.05, 4.69) is 20.6 Å². The van der Waals surface area contributed by atoms with E-state index < -0.39 is 6.10 Å². The highest BCUT2D eigenvalue weighted by atomic mass is 35.5. The van der Waals surface area contributed by atoms with E-state index in [1.54, 1.807) is 37.4 Å². The fourth-order valence-corrected chi connectivity index (χ4v) is 4.05. The quantitative estimate of drug-likeness (QED) is 0.332. The maximum atomic E-state index is 12.5. The van der Waals surface area contributed by atoms with Crippen LogP contribution >= 0.6 is 22.9 Å². The van der Waals surface area contributed by atoms with Crippen LogP contribution in [0.3, 0.4) is 0 Å². The number of amides is 1. The largest absolute Gasteiger partial charge is 0.389 e. The molecule has 0 aliphatic carbocycles. The van der Waals surface area contributed by atoms with Gasteiger partial charge in [-0.15, -0.1) is 11.3 Å². The minimum Gasteiger partial charge on any atom is -0.389 e. The Labute approximate surface area is 195 Å². The molecule has 0 saturated heterocycles. The first-order chi connectivity index (χ1) is 15.5. The van der Waals surface area contributed by atoms with Crippen molar-refractivity contribution in [1.29, 1.82) is 0 Å². The Morgan fingerprint density at radius 3 is 2.72 bits per heavy atom. The highest BCUT2D eigenvalue weighted by molar-refractivity contribution is 7.17. The number of carbonyl (C=O) groups excluding carboxylic acids is 1. The molecule has 32 heavy (non-hydrogen) atoms. The minimum atomic E-state index is -0.556. The number of hydrogen-bond donors (Lipinski definition) is 3. The molecular formula is C24H21ClN4O2S. The number of benzene rings is 2. The molecule has 8 heteroatoms. The van der Waals surface area contributed by atoms with Crippen molar-refractivity contribution in [2.45, 2.75) is 19.6 Å². The van der Waals surface area contributed by atoms with Crippen molar-refractivity contribution in [3.8, 4) is 10.6 Å². The van der Waals surface area contributed by atoms with Gasteiger partial charge < -0.3 is 15.7 Å². The predicted molar refractivity (Wildman–Crippen MR) is 128 cm³/mol. The second-order valence-corrected chi connectivity index (χ2v) is 8.69. The van der Waals surface area contributed by atoms with E-state index in [0.29, 0.717) is 22.4 Å². The van der Waals surface area contributed by atoms with Gasteiger partial charge in [-0.2, -0.15) is 0 Å². The SMILES string of the molecule is CC(O)c1cccc(Nc2nccc(-c3ccc(C(=O)NCc4ccc(Cl)cc4)s3)n2)c1. The van der Waals surface area contributed by atoms with Crippen LogP contribution in [0.1, 0.15) is 33.8 Å². The van der Waals surface area contributed by atoms with Gasteiger partial charge in [-0.25, -0.2) is 9.97 Å². The number of halogens is 1. The number of aliphatic hydroxyl groups is 1. The second kappa shape index (κ2) is 9.91. The number of carbonyl (C=O) groups is 1. The van der Waals surface area contributed by atoms with E-state index in [0.717, 1.165) is 27.4 Å². The topological polar surface area (TPSA) is 87.1 Å². The summed E-state index contributed by atoms with van der Waals surface area (Å²) in [6, 6.07) is 20.3. The van der Waals surface area contributed by atoms with Gasteiger partial charge in [-0.3, -0.25) is 4.79 Å². The fraction of sp³-hybridized carbons (Fsp3) is 0.125. The van der Waals surface area contributed by atoms with E-state index in [4.69, 9.17) is 11.6 Å². The van der Waals surface area contributed by atoms with Gasteiger partial charge in [0.1, 0.15) is 0 Å². The molecule has 0 radical (unpaired) electrons. The summed E-state index contributed by atoms with van der Waals surface area (Å²) in [5, 5.41) is 16.5. The molecule has 1 unspecified atom stereocenters. The molecule has 0 saturated carbocycles. The summed E-state index contributed by atoms with van der Waals surface area (Å²) in [4.78, 5) is 22.8. The Hall–Kier alpha value is -3.26. The Bertz CT molecular complexity index is 1220. The van der Waals surface area contributed by atoms with E-state index in [-0.39, 0.29) is 5.91 Å². The van der Waals surface area contributed by atoms with Crippen LogP contribution in [-0.4, -0.2) is 21.0 Å². The first-order valence-corrected chi connectivity index (χ1v) is 11.2. The van der Waals surface area contributed by atoms with Crippen molar-refractivity contribution < 1.29 is 9.90 Å². The van der Waals surface area contributed by atoms with Crippen molar-refractivity contribution in [3.05, 3.63) is 94.0 Å². The van der Waals surface area contributed by atoms with Crippen molar-refractivity contribution >= 4 is 40.5 Å². The zero-order valence-electron chi connectivity index (χ0n) is 17.2. The summed E-state index contributed by atoms with van der Waals surface area (Å²) in [5.74, 6) is 0.297. The third kappa shape index (κ3) is 5.50. The number of anilines is 2. The summed E-state index contributed by atoms with van der Waals surface area (Å²) in [7, 11) is 0. The van der Waals surface area contributed by atoms with E-state index in [9.17, 15) is 9.90 Å². The van der Waals surface area contributed by atoms with Crippen molar-refractivity contribution in [2.75, 3.05) is 5.32 Å². The van der Waals surface area contributed by atoms with Crippen molar-refractivity contribution in [2.24, 2.45) is 0 Å². The third-order valence-corrected chi connectivity index (χ3v) is 6.09. The Morgan fingerprint density at radius 1 is 1.12 bits per heavy atom. The molecule has 2 aromatic carbocycles. The average molecular weight is 465 g/mol. The van der Waals surface area contributed by atoms with Crippen LogP contribution in [0.4, 0.5) is 11.6 Å². The normalized spacial score (nSPS) is 11.7. The predicted octanol–water partition coefficient (Wildman–Crippen LogP) is 5.59. The molecule has 4 aromatic rings. The lowest BCUT2D eigenvalue weighted by atomic mass is 10.1. The number of aromatic nitrogens is 2. The zero-order valence-corrected chi connectivity index (χ0v) is 18.8. The van der Waals surface area contributed by atoms with E-state index in [1.165, 1.54) is 11.3 Å². The van der Waals surface area contributed by atoms with Crippen LogP contribution in [0.15, 0.2) is 72.9 Å². The Kier molecular flexibility index (Phi) is 6.80. The van der Waals surface area contributed by atoms with Gasteiger partial charge >= 0.3 is 0 Å². The molecule has 0 fully saturated rings. The summed E-state index contributed by atoms with van der Waals surface area (Å²) in [6.45, 7) is 2.15. The highest BCUT2D eigenvalue weighted by Crippen LogP contribution is 2.28. The summed E-state index contributed by atoms with van der Waals surface area (Å²) in [6.07, 6.45) is 1.11. The molecule has 4 rings (SSSR count). The molecule has 2 heterocycles. The molecule has 0 spiro atoms. The van der Waals surface area contributed by atoms with Gasteiger partial charge in [0.05, 0.1) is 21.6 Å². The smallest absolute Gasteiger partial charge is 0.261 e. The zero-order chi connectivity index (χ0) is 22.5. The van der Waals surface area contributed by atoms with Crippen LogP contribution < -0.4 is 10.6 Å². The molecule has 6 nitrogen and oxygen atoms in total. The molecule has 0 aliphatic heterocycles. The minimum absolute atomic E-state index is 0.140. The van der Waals surface area contributed by atoms with Gasteiger partial charge in [-0.1, -0.05) is 35.9 Å². The van der Waals surface area contributed by atoms with E-state index >= 15 is 0 Å². The molecule has 1 atom stereocenters. The Balaban J connectivity index is 1.44. The van der Waals surface area contributed by atoms with Crippen LogP contribution in [0.25, 0.3) is 10.6 Å². The third-order valence-electron chi connectivity index (χ3n) is 4.73. The Morgan fingerprint density at radius 2 is 1.94 bits per heavy atom. The first-order valence-electron chi connectivity index (χ1n) is 9.99. The molecule has 3 N–H and O–H groups in total. The monoisotopic (exact) mass is 464 g/mol. The van der Waals surface area contributed by atoms with Crippen LogP contribution in [-0.2, 0) is 6.54 Å². The lowest BCUT2D eigenvalue weighted by Crippen LogP contribution is -2.21. The summed E-state index contributed by atoms with van der Waals surface area (Å²) < 4.78 is 0. The van der Waals surface area contributed by atoms with Gasteiger partial charge in [0, 0.05) is 23.5 Å². The highest BCUT2D eigenvalue weighted by Gasteiger charge is 2.12. The average Bonchev–Trinajstić information content (AvgIpc) is 3.29. The van der Waals surface area contributed by atoms with Gasteiger partial charge in [0.25, 0.3) is 5.91 Å². The maximum Gasteiger partial charge on any atom is 0.261 e. The number of thiophene rings is 1. The maximum absolute atomic E-state index is 12.5. The first kappa shape index (κ1) is 22.0. The number of rotatable bonds is 7. The summed E-state index contributed by atoms with van der Waals surface area (Å²) >= 11 is 7.27. The van der Waals surface area contributed by atoms with Gasteiger partial charge in [-0.05, 0) is 60.5 Å². The molecule has 0 aliphatic rings. The summed E-state index contributed by atoms with van der Waals surface area (Å²) in [5.41, 5.74) is 3.29. The number of hydrogen-bond acceptors (Lipinski definition) is 6. The number of nitrogens with one attached hydrogen (secondary N) is 2. The van der Waals surface area contributed by atoms with Crippen molar-refractivity contribution in [1.82, 2.24) is 15.3 Å². The number of nitrogens with zero attached hydrogens (tertiary/aromatic N) is 2. The molecule has 162 valence electrons. The second-order valence-electron chi connectivity index (χ2n) is 7.16. The lowest BCUT2D eigenvalue weighted by molar-refractivity contribution is 0.0955. The van der Waals surface area contributed by atoms with Crippen LogP contribution in [0.2, 0.25) is 5.02 Å². The van der Waals surface area contributed by atoms with E-state index in [1.807, 2.05) is 42.5 Å². The van der Waals surface area contributed by atoms with Crippen molar-refractivity contribution in [3.63, 3.8) is 0 Å². The number of aliphatic hydroxyl groups excluding tert-OH is 1. The molecule has 1 amide bonds. The van der Waals surface area contributed by atoms with Gasteiger partial charge in [0.2, 0.25) is 5.95 Å². The standard InChI is InChI=1S/C24H21ClN4O2S/c1-15(30)17-3-2-4-19(13-17)28-24-26-12-11-20(29-24)21-9-10-22(32-21)23(31)27-14-16-5-7-18(25)8-6-16/h2-13,15,30H,14H2,1H3,(H,27,31)(H,26,28,29). The van der Waals surface area contributed by atoms with Crippen LogP contribution in [0.5, 0.6) is 0 Å². The molecule has 2 aromatic heterocycles. The molecular weight excluding hydrogens is 444 g/mol. The van der Waals surface area contributed by atoms with Crippen LogP contribution in [0, 0.1) is 0 Å². The lowest BCUT2D eigenvalue weighted by Gasteiger charge is -2.09. The van der Waals surface area contributed by atoms with Gasteiger partial charge in [0.15, 0.2) is 0 Å².